The molecule has 0 heterocycles. The van der Waals surface area contributed by atoms with Crippen LogP contribution in [0.3, 0.4) is 0 Å². The summed E-state index contributed by atoms with van der Waals surface area (Å²) in [6, 6.07) is 8.85. The Kier molecular flexibility index (Phi) is 9.11. The first-order valence-electron chi connectivity index (χ1n) is 8.21. The fraction of sp³-hybridized carbons (Fsp3) is 0.667. The Bertz CT molecular complexity index is 381. The highest BCUT2D eigenvalue weighted by molar-refractivity contribution is 5.33. The predicted octanol–water partition coefficient (Wildman–Crippen LogP) is 3.47. The lowest BCUT2D eigenvalue weighted by molar-refractivity contribution is 0.248. The quantitative estimate of drug-likeness (QED) is 0.635. The first kappa shape index (κ1) is 18.0. The van der Waals surface area contributed by atoms with Gasteiger partial charge in [-0.2, -0.15) is 0 Å². The standard InChI is InChI=1S/C18H32N2O/c1-16(15-17-11-7-8-12-18(17)21-3)20(2)14-10-6-4-5-9-13-19/h7-8,11-12,16H,4-6,9-10,13-15,19H2,1-3H3. The Morgan fingerprint density at radius 3 is 2.48 bits per heavy atom. The van der Waals surface area contributed by atoms with Crippen LogP contribution in [0.4, 0.5) is 0 Å². The van der Waals surface area contributed by atoms with E-state index >= 15 is 0 Å². The van der Waals surface area contributed by atoms with E-state index in [1.54, 1.807) is 7.11 Å². The van der Waals surface area contributed by atoms with Gasteiger partial charge in [0.1, 0.15) is 5.75 Å². The molecule has 0 bridgehead atoms. The minimum Gasteiger partial charge on any atom is -0.496 e. The van der Waals surface area contributed by atoms with Gasteiger partial charge in [0, 0.05) is 6.04 Å². The van der Waals surface area contributed by atoms with Crippen LogP contribution in [-0.4, -0.2) is 38.2 Å². The van der Waals surface area contributed by atoms with Crippen molar-refractivity contribution in [3.63, 3.8) is 0 Å². The van der Waals surface area contributed by atoms with E-state index in [2.05, 4.69) is 31.0 Å². The van der Waals surface area contributed by atoms with E-state index in [1.165, 1.54) is 44.2 Å². The second-order valence-corrected chi connectivity index (χ2v) is 5.90. The van der Waals surface area contributed by atoms with Gasteiger partial charge in [-0.3, -0.25) is 0 Å². The average molecular weight is 292 g/mol. The zero-order valence-electron chi connectivity index (χ0n) is 14.0. The third-order valence-electron chi connectivity index (χ3n) is 4.18. The average Bonchev–Trinajstić information content (AvgIpc) is 2.51. The van der Waals surface area contributed by atoms with Crippen molar-refractivity contribution < 1.29 is 4.74 Å². The first-order chi connectivity index (χ1) is 10.2. The van der Waals surface area contributed by atoms with E-state index < -0.39 is 0 Å². The summed E-state index contributed by atoms with van der Waals surface area (Å²) in [5.74, 6) is 1.000. The molecule has 0 aliphatic rings. The Labute approximate surface area is 130 Å². The van der Waals surface area contributed by atoms with Gasteiger partial charge in [0.2, 0.25) is 0 Å². The van der Waals surface area contributed by atoms with E-state index in [0.29, 0.717) is 6.04 Å². The molecule has 0 spiro atoms. The Morgan fingerprint density at radius 2 is 1.76 bits per heavy atom. The summed E-state index contributed by atoms with van der Waals surface area (Å²) < 4.78 is 5.43. The van der Waals surface area contributed by atoms with Gasteiger partial charge in [0.25, 0.3) is 0 Å². The Hall–Kier alpha value is -1.06. The van der Waals surface area contributed by atoms with Crippen LogP contribution in [0.2, 0.25) is 0 Å². The number of nitrogens with two attached hydrogens (primary N) is 1. The fourth-order valence-corrected chi connectivity index (χ4v) is 2.60. The van der Waals surface area contributed by atoms with Crippen LogP contribution in [0, 0.1) is 0 Å². The normalized spacial score (nSPS) is 12.6. The van der Waals surface area contributed by atoms with Crippen molar-refractivity contribution in [1.82, 2.24) is 4.90 Å². The van der Waals surface area contributed by atoms with Crippen LogP contribution in [0.15, 0.2) is 24.3 Å². The molecule has 0 aliphatic heterocycles. The monoisotopic (exact) mass is 292 g/mol. The van der Waals surface area contributed by atoms with Gasteiger partial charge in [0.15, 0.2) is 0 Å². The zero-order chi connectivity index (χ0) is 15.5. The van der Waals surface area contributed by atoms with Crippen molar-refractivity contribution in [2.75, 3.05) is 27.2 Å². The maximum absolute atomic E-state index is 5.51. The molecule has 1 aromatic carbocycles. The molecule has 0 saturated heterocycles. The molecular formula is C18H32N2O. The third-order valence-corrected chi connectivity index (χ3v) is 4.18. The molecule has 1 aromatic rings. The maximum atomic E-state index is 5.51. The number of likely N-dealkylation sites (N-methyl/N-ethyl adjacent to an activating group) is 1. The van der Waals surface area contributed by atoms with Crippen molar-refractivity contribution in [2.24, 2.45) is 5.73 Å². The molecule has 1 atom stereocenters. The fourth-order valence-electron chi connectivity index (χ4n) is 2.60. The van der Waals surface area contributed by atoms with Crippen LogP contribution in [0.1, 0.15) is 44.6 Å². The molecule has 0 aromatic heterocycles. The lowest BCUT2D eigenvalue weighted by Crippen LogP contribution is -2.31. The molecular weight excluding hydrogens is 260 g/mol. The summed E-state index contributed by atoms with van der Waals surface area (Å²) in [6.45, 7) is 4.29. The van der Waals surface area contributed by atoms with Gasteiger partial charge in [-0.25, -0.2) is 0 Å². The summed E-state index contributed by atoms with van der Waals surface area (Å²) in [4.78, 5) is 2.45. The van der Waals surface area contributed by atoms with Crippen LogP contribution in [0.25, 0.3) is 0 Å². The van der Waals surface area contributed by atoms with Crippen LogP contribution in [0.5, 0.6) is 5.75 Å². The Balaban J connectivity index is 2.29. The molecule has 0 fully saturated rings. The number of rotatable bonds is 11. The van der Waals surface area contributed by atoms with Crippen molar-refractivity contribution >= 4 is 0 Å². The summed E-state index contributed by atoms with van der Waals surface area (Å²) in [7, 11) is 3.97. The molecule has 0 aliphatic carbocycles. The zero-order valence-corrected chi connectivity index (χ0v) is 14.0. The summed E-state index contributed by atoms with van der Waals surface area (Å²) in [5.41, 5.74) is 6.80. The first-order valence-corrected chi connectivity index (χ1v) is 8.21. The molecule has 2 N–H and O–H groups in total. The van der Waals surface area contributed by atoms with Gasteiger partial charge in [-0.15, -0.1) is 0 Å². The van der Waals surface area contributed by atoms with E-state index in [-0.39, 0.29) is 0 Å². The number of hydrogen-bond donors (Lipinski definition) is 1. The van der Waals surface area contributed by atoms with E-state index in [9.17, 15) is 0 Å². The topological polar surface area (TPSA) is 38.5 Å². The molecule has 3 heteroatoms. The van der Waals surface area contributed by atoms with Crippen LogP contribution >= 0.6 is 0 Å². The van der Waals surface area contributed by atoms with Crippen LogP contribution in [-0.2, 0) is 6.42 Å². The van der Waals surface area contributed by atoms with Crippen LogP contribution < -0.4 is 10.5 Å². The lowest BCUT2D eigenvalue weighted by Gasteiger charge is -2.25. The van der Waals surface area contributed by atoms with Crippen molar-refractivity contribution in [3.05, 3.63) is 29.8 Å². The SMILES string of the molecule is COc1ccccc1CC(C)N(C)CCCCCCCN. The minimum atomic E-state index is 0.533. The van der Waals surface area contributed by atoms with Gasteiger partial charge < -0.3 is 15.4 Å². The maximum Gasteiger partial charge on any atom is 0.122 e. The van der Waals surface area contributed by atoms with E-state index in [0.717, 1.165) is 18.7 Å². The number of benzene rings is 1. The van der Waals surface area contributed by atoms with Crippen molar-refractivity contribution in [3.8, 4) is 5.75 Å². The lowest BCUT2D eigenvalue weighted by atomic mass is 10.0. The van der Waals surface area contributed by atoms with Crippen molar-refractivity contribution in [1.29, 1.82) is 0 Å². The van der Waals surface area contributed by atoms with Gasteiger partial charge >= 0.3 is 0 Å². The number of para-hydroxylation sites is 1. The minimum absolute atomic E-state index is 0.533. The summed E-state index contributed by atoms with van der Waals surface area (Å²) in [5, 5.41) is 0. The van der Waals surface area contributed by atoms with Gasteiger partial charge in [0.05, 0.1) is 7.11 Å². The molecule has 120 valence electrons. The second kappa shape index (κ2) is 10.6. The molecule has 0 radical (unpaired) electrons. The number of ether oxygens (including phenoxy) is 1. The number of unbranched alkanes of at least 4 members (excludes halogenated alkanes) is 4. The van der Waals surface area contributed by atoms with Crippen molar-refractivity contribution in [2.45, 2.75) is 51.5 Å². The summed E-state index contributed by atoms with van der Waals surface area (Å²) >= 11 is 0. The van der Waals surface area contributed by atoms with Gasteiger partial charge in [-0.05, 0) is 58.0 Å². The molecule has 1 unspecified atom stereocenters. The third kappa shape index (κ3) is 6.96. The van der Waals surface area contributed by atoms with E-state index in [1.807, 2.05) is 12.1 Å². The molecule has 0 saturated carbocycles. The number of methoxy groups -OCH3 is 1. The number of hydrogen-bond acceptors (Lipinski definition) is 3. The molecule has 1 rings (SSSR count). The predicted molar refractivity (Wildman–Crippen MR) is 90.9 cm³/mol. The highest BCUT2D eigenvalue weighted by Gasteiger charge is 2.12. The largest absolute Gasteiger partial charge is 0.496 e. The highest BCUT2D eigenvalue weighted by Crippen LogP contribution is 2.20. The highest BCUT2D eigenvalue weighted by atomic mass is 16.5. The molecule has 0 amide bonds. The molecule has 21 heavy (non-hydrogen) atoms. The Morgan fingerprint density at radius 1 is 1.10 bits per heavy atom. The number of nitrogens with zero attached hydrogens (tertiary/aromatic N) is 1. The summed E-state index contributed by atoms with van der Waals surface area (Å²) in [6.07, 6.45) is 7.37. The second-order valence-electron chi connectivity index (χ2n) is 5.90. The molecule has 3 nitrogen and oxygen atoms in total. The van der Waals surface area contributed by atoms with E-state index in [4.69, 9.17) is 10.5 Å². The van der Waals surface area contributed by atoms with Gasteiger partial charge in [-0.1, -0.05) is 37.5 Å². The smallest absolute Gasteiger partial charge is 0.122 e.